The molecule has 0 aromatic heterocycles. The van der Waals surface area contributed by atoms with Crippen molar-refractivity contribution in [2.45, 2.75) is 6.54 Å². The number of hydrogen-bond donors (Lipinski definition) is 2. The molecule has 1 unspecified atom stereocenters. The third-order valence-electron chi connectivity index (χ3n) is 2.96. The average molecular weight is 343 g/mol. The maximum absolute atomic E-state index is 12.0. The van der Waals surface area contributed by atoms with Crippen molar-refractivity contribution in [1.82, 2.24) is 10.2 Å². The highest BCUT2D eigenvalue weighted by Gasteiger charge is 2.16. The molecule has 0 saturated carbocycles. The third kappa shape index (κ3) is 5.71. The largest absolute Gasteiger partial charge is 0.358 e. The topological polar surface area (TPSA) is 53.9 Å². The van der Waals surface area contributed by atoms with Crippen molar-refractivity contribution < 1.29 is 14.5 Å². The summed E-state index contributed by atoms with van der Waals surface area (Å²) >= 11 is 3.40. The minimum atomic E-state index is -0.161. The van der Waals surface area contributed by atoms with Gasteiger partial charge in [0.15, 0.2) is 6.54 Å². The molecule has 110 valence electrons. The van der Waals surface area contributed by atoms with E-state index in [0.29, 0.717) is 6.54 Å². The fourth-order valence-electron chi connectivity index (χ4n) is 1.79. The SMILES string of the molecule is CNC(=O)CN(C)C(=O)C[NH+](C)Cc1ccc(Br)cc1. The van der Waals surface area contributed by atoms with Gasteiger partial charge >= 0.3 is 0 Å². The van der Waals surface area contributed by atoms with E-state index in [4.69, 9.17) is 0 Å². The lowest BCUT2D eigenvalue weighted by molar-refractivity contribution is -0.885. The Kier molecular flexibility index (Phi) is 6.67. The average Bonchev–Trinajstić information content (AvgIpc) is 2.41. The maximum Gasteiger partial charge on any atom is 0.277 e. The maximum atomic E-state index is 12.0. The Labute approximate surface area is 128 Å². The van der Waals surface area contributed by atoms with Gasteiger partial charge in [0.25, 0.3) is 5.91 Å². The number of carbonyl (C=O) groups excluding carboxylic acids is 2. The molecule has 2 N–H and O–H groups in total. The molecule has 0 fully saturated rings. The highest BCUT2D eigenvalue weighted by atomic mass is 79.9. The number of amides is 2. The van der Waals surface area contributed by atoms with Crippen molar-refractivity contribution in [3.63, 3.8) is 0 Å². The van der Waals surface area contributed by atoms with Crippen LogP contribution in [0.1, 0.15) is 5.56 Å². The van der Waals surface area contributed by atoms with Gasteiger partial charge in [-0.3, -0.25) is 9.59 Å². The molecule has 0 aliphatic carbocycles. The van der Waals surface area contributed by atoms with Crippen LogP contribution in [-0.2, 0) is 16.1 Å². The second-order valence-electron chi connectivity index (χ2n) is 4.86. The molecular formula is C14H21BrN3O2+. The van der Waals surface area contributed by atoms with Gasteiger partial charge < -0.3 is 15.1 Å². The van der Waals surface area contributed by atoms with E-state index in [1.54, 1.807) is 14.1 Å². The van der Waals surface area contributed by atoms with Crippen LogP contribution in [0.5, 0.6) is 0 Å². The van der Waals surface area contributed by atoms with Crippen LogP contribution >= 0.6 is 15.9 Å². The molecule has 0 spiro atoms. The second kappa shape index (κ2) is 8.01. The van der Waals surface area contributed by atoms with Crippen LogP contribution in [0.4, 0.5) is 0 Å². The molecule has 1 atom stereocenters. The third-order valence-corrected chi connectivity index (χ3v) is 3.49. The van der Waals surface area contributed by atoms with Gasteiger partial charge in [-0.2, -0.15) is 0 Å². The zero-order valence-corrected chi connectivity index (χ0v) is 13.7. The lowest BCUT2D eigenvalue weighted by atomic mass is 10.2. The smallest absolute Gasteiger partial charge is 0.277 e. The first-order chi connectivity index (χ1) is 9.42. The van der Waals surface area contributed by atoms with Crippen LogP contribution < -0.4 is 10.2 Å². The summed E-state index contributed by atoms with van der Waals surface area (Å²) < 4.78 is 1.04. The summed E-state index contributed by atoms with van der Waals surface area (Å²) in [5.74, 6) is -0.199. The summed E-state index contributed by atoms with van der Waals surface area (Å²) in [7, 11) is 5.17. The van der Waals surface area contributed by atoms with Crippen molar-refractivity contribution in [2.24, 2.45) is 0 Å². The molecule has 2 amide bonds. The lowest BCUT2D eigenvalue weighted by Gasteiger charge is -2.19. The van der Waals surface area contributed by atoms with E-state index in [9.17, 15) is 9.59 Å². The Morgan fingerprint density at radius 2 is 1.90 bits per heavy atom. The Morgan fingerprint density at radius 1 is 1.30 bits per heavy atom. The van der Waals surface area contributed by atoms with E-state index < -0.39 is 0 Å². The molecule has 1 rings (SSSR count). The fraction of sp³-hybridized carbons (Fsp3) is 0.429. The van der Waals surface area contributed by atoms with Gasteiger partial charge in [0, 0.05) is 24.1 Å². The van der Waals surface area contributed by atoms with E-state index in [1.807, 2.05) is 31.3 Å². The molecule has 20 heavy (non-hydrogen) atoms. The predicted molar refractivity (Wildman–Crippen MR) is 81.3 cm³/mol. The molecule has 5 nitrogen and oxygen atoms in total. The summed E-state index contributed by atoms with van der Waals surface area (Å²) in [6.07, 6.45) is 0. The number of nitrogens with zero attached hydrogens (tertiary/aromatic N) is 1. The Bertz CT molecular complexity index is 462. The molecule has 0 heterocycles. The van der Waals surface area contributed by atoms with Crippen molar-refractivity contribution in [1.29, 1.82) is 0 Å². The van der Waals surface area contributed by atoms with Crippen molar-refractivity contribution in [3.05, 3.63) is 34.3 Å². The molecule has 0 aliphatic rings. The Balaban J connectivity index is 2.45. The molecule has 0 saturated heterocycles. The van der Waals surface area contributed by atoms with Crippen LogP contribution in [-0.4, -0.2) is 50.9 Å². The van der Waals surface area contributed by atoms with Crippen molar-refractivity contribution in [3.8, 4) is 0 Å². The molecule has 6 heteroatoms. The van der Waals surface area contributed by atoms with Gasteiger partial charge in [-0.25, -0.2) is 0 Å². The molecule has 0 radical (unpaired) electrons. The number of nitrogens with one attached hydrogen (secondary N) is 2. The van der Waals surface area contributed by atoms with Gasteiger partial charge in [0.05, 0.1) is 13.6 Å². The number of benzene rings is 1. The molecule has 1 aromatic rings. The van der Waals surface area contributed by atoms with Gasteiger partial charge in [-0.05, 0) is 12.1 Å². The molecule has 1 aromatic carbocycles. The monoisotopic (exact) mass is 342 g/mol. The van der Waals surface area contributed by atoms with Gasteiger partial charge in [-0.1, -0.05) is 28.1 Å². The Morgan fingerprint density at radius 3 is 2.45 bits per heavy atom. The minimum absolute atomic E-state index is 0.0387. The van der Waals surface area contributed by atoms with Crippen LogP contribution in [0.2, 0.25) is 0 Å². The Hall–Kier alpha value is -1.40. The normalized spacial score (nSPS) is 11.8. The molecule has 0 aliphatic heterocycles. The highest BCUT2D eigenvalue weighted by molar-refractivity contribution is 9.10. The first-order valence-electron chi connectivity index (χ1n) is 6.42. The second-order valence-corrected chi connectivity index (χ2v) is 5.78. The molecular weight excluding hydrogens is 322 g/mol. The van der Waals surface area contributed by atoms with Crippen LogP contribution in [0.25, 0.3) is 0 Å². The standard InChI is InChI=1S/C14H20BrN3O2/c1-16-13(19)9-18(3)14(20)10-17(2)8-11-4-6-12(15)7-5-11/h4-7H,8-10H2,1-3H3,(H,16,19)/p+1. The fourth-order valence-corrected chi connectivity index (χ4v) is 2.05. The van der Waals surface area contributed by atoms with Gasteiger partial charge in [-0.15, -0.1) is 0 Å². The van der Waals surface area contributed by atoms with Crippen LogP contribution in [0.3, 0.4) is 0 Å². The van der Waals surface area contributed by atoms with E-state index in [0.717, 1.165) is 15.9 Å². The minimum Gasteiger partial charge on any atom is -0.358 e. The number of rotatable bonds is 6. The van der Waals surface area contributed by atoms with Crippen molar-refractivity contribution in [2.75, 3.05) is 34.2 Å². The van der Waals surface area contributed by atoms with Crippen LogP contribution in [0, 0.1) is 0 Å². The van der Waals surface area contributed by atoms with Gasteiger partial charge in [0.1, 0.15) is 6.54 Å². The number of likely N-dealkylation sites (N-methyl/N-ethyl adjacent to an activating group) is 3. The summed E-state index contributed by atoms with van der Waals surface area (Å²) in [5.41, 5.74) is 1.17. The van der Waals surface area contributed by atoms with E-state index in [2.05, 4.69) is 21.2 Å². The van der Waals surface area contributed by atoms with E-state index in [-0.39, 0.29) is 18.4 Å². The van der Waals surface area contributed by atoms with E-state index in [1.165, 1.54) is 10.5 Å². The van der Waals surface area contributed by atoms with Crippen molar-refractivity contribution >= 4 is 27.7 Å². The first-order valence-corrected chi connectivity index (χ1v) is 7.22. The summed E-state index contributed by atoms with van der Waals surface area (Å²) in [6, 6.07) is 8.04. The predicted octanol–water partition coefficient (Wildman–Crippen LogP) is -0.332. The highest BCUT2D eigenvalue weighted by Crippen LogP contribution is 2.09. The zero-order chi connectivity index (χ0) is 15.1. The number of quaternary nitrogens is 1. The number of hydrogen-bond acceptors (Lipinski definition) is 2. The summed E-state index contributed by atoms with van der Waals surface area (Å²) in [6.45, 7) is 1.23. The quantitative estimate of drug-likeness (QED) is 0.743. The zero-order valence-electron chi connectivity index (χ0n) is 12.1. The summed E-state index contributed by atoms with van der Waals surface area (Å²) in [4.78, 5) is 25.7. The number of carbonyl (C=O) groups is 2. The van der Waals surface area contributed by atoms with Gasteiger partial charge in [0.2, 0.25) is 5.91 Å². The molecule has 0 bridgehead atoms. The number of halogens is 1. The summed E-state index contributed by atoms with van der Waals surface area (Å²) in [5, 5.41) is 2.51. The lowest BCUT2D eigenvalue weighted by Crippen LogP contribution is -3.08. The first kappa shape index (κ1) is 16.7. The van der Waals surface area contributed by atoms with Crippen LogP contribution in [0.15, 0.2) is 28.7 Å². The van der Waals surface area contributed by atoms with E-state index >= 15 is 0 Å².